The minimum atomic E-state index is -0.855. The number of ether oxygens (including phenoxy) is 1. The molecule has 0 bridgehead atoms. The monoisotopic (exact) mass is 431 g/mol. The molecule has 0 aliphatic heterocycles. The highest BCUT2D eigenvalue weighted by atomic mass is 16.5. The van der Waals surface area contributed by atoms with Crippen LogP contribution in [0.15, 0.2) is 72.8 Å². The van der Waals surface area contributed by atoms with E-state index in [0.717, 1.165) is 16.7 Å². The van der Waals surface area contributed by atoms with Crippen LogP contribution < -0.4 is 20.7 Å². The highest BCUT2D eigenvalue weighted by Gasteiger charge is 2.17. The van der Waals surface area contributed by atoms with Gasteiger partial charge in [-0.05, 0) is 42.3 Å². The van der Waals surface area contributed by atoms with Gasteiger partial charge >= 0.3 is 11.8 Å². The van der Waals surface area contributed by atoms with Crippen LogP contribution >= 0.6 is 0 Å². The molecule has 3 aromatic rings. The number of rotatable bonds is 7. The number of para-hydroxylation sites is 1. The molecule has 32 heavy (non-hydrogen) atoms. The van der Waals surface area contributed by atoms with E-state index in [9.17, 15) is 14.4 Å². The molecule has 7 nitrogen and oxygen atoms in total. The van der Waals surface area contributed by atoms with Crippen molar-refractivity contribution in [1.82, 2.24) is 10.6 Å². The van der Waals surface area contributed by atoms with Crippen molar-refractivity contribution >= 4 is 23.4 Å². The van der Waals surface area contributed by atoms with Gasteiger partial charge < -0.3 is 20.7 Å². The van der Waals surface area contributed by atoms with Crippen molar-refractivity contribution in [3.05, 3.63) is 95.1 Å². The molecule has 0 saturated heterocycles. The lowest BCUT2D eigenvalue weighted by atomic mass is 10.1. The lowest BCUT2D eigenvalue weighted by Gasteiger charge is -2.12. The minimum Gasteiger partial charge on any atom is -0.497 e. The maximum Gasteiger partial charge on any atom is 0.313 e. The van der Waals surface area contributed by atoms with E-state index >= 15 is 0 Å². The molecule has 3 N–H and O–H groups in total. The maximum atomic E-state index is 12.7. The molecule has 164 valence electrons. The molecule has 0 atom stereocenters. The van der Waals surface area contributed by atoms with E-state index in [1.807, 2.05) is 37.3 Å². The summed E-state index contributed by atoms with van der Waals surface area (Å²) in [5, 5.41) is 7.92. The SMILES string of the molecule is COc1cccc(CNC(=O)C(=O)Nc2ccccc2C(=O)NCc2cccc(C)c2)c1. The van der Waals surface area contributed by atoms with E-state index in [1.54, 1.807) is 49.6 Å². The number of hydrogen-bond acceptors (Lipinski definition) is 4. The minimum absolute atomic E-state index is 0.169. The largest absolute Gasteiger partial charge is 0.497 e. The highest BCUT2D eigenvalue weighted by molar-refractivity contribution is 6.40. The summed E-state index contributed by atoms with van der Waals surface area (Å²) in [5.74, 6) is -1.35. The second-order valence-electron chi connectivity index (χ2n) is 7.21. The Balaban J connectivity index is 1.59. The molecule has 7 heteroatoms. The summed E-state index contributed by atoms with van der Waals surface area (Å²) < 4.78 is 5.15. The Morgan fingerprint density at radius 2 is 1.47 bits per heavy atom. The van der Waals surface area contributed by atoms with Crippen molar-refractivity contribution in [2.24, 2.45) is 0 Å². The van der Waals surface area contributed by atoms with Gasteiger partial charge in [-0.2, -0.15) is 0 Å². The Morgan fingerprint density at radius 1 is 0.781 bits per heavy atom. The second kappa shape index (κ2) is 10.8. The van der Waals surface area contributed by atoms with E-state index in [-0.39, 0.29) is 23.7 Å². The lowest BCUT2D eigenvalue weighted by Crippen LogP contribution is -2.35. The number of anilines is 1. The zero-order valence-electron chi connectivity index (χ0n) is 18.0. The first-order chi connectivity index (χ1) is 15.5. The van der Waals surface area contributed by atoms with Gasteiger partial charge in [0, 0.05) is 13.1 Å². The van der Waals surface area contributed by atoms with E-state index in [1.165, 1.54) is 0 Å². The number of carbonyl (C=O) groups excluding carboxylic acids is 3. The van der Waals surface area contributed by atoms with Crippen LogP contribution in [0.5, 0.6) is 5.75 Å². The smallest absolute Gasteiger partial charge is 0.313 e. The Kier molecular flexibility index (Phi) is 7.59. The van der Waals surface area contributed by atoms with Crippen molar-refractivity contribution in [2.45, 2.75) is 20.0 Å². The topological polar surface area (TPSA) is 96.5 Å². The van der Waals surface area contributed by atoms with Crippen molar-refractivity contribution in [2.75, 3.05) is 12.4 Å². The van der Waals surface area contributed by atoms with Crippen molar-refractivity contribution in [3.63, 3.8) is 0 Å². The van der Waals surface area contributed by atoms with E-state index < -0.39 is 11.8 Å². The summed E-state index contributed by atoms with van der Waals surface area (Å²) in [4.78, 5) is 37.3. The standard InChI is InChI=1S/C25H25N3O4/c1-17-7-5-8-18(13-17)15-26-23(29)21-11-3-4-12-22(21)28-25(31)24(30)27-16-19-9-6-10-20(14-19)32-2/h3-14H,15-16H2,1-2H3,(H,26,29)(H,27,30)(H,28,31). The maximum absolute atomic E-state index is 12.7. The first kappa shape index (κ1) is 22.6. The summed E-state index contributed by atoms with van der Waals surface area (Å²) in [6.45, 7) is 2.50. The number of methoxy groups -OCH3 is 1. The fourth-order valence-electron chi connectivity index (χ4n) is 3.11. The van der Waals surface area contributed by atoms with Gasteiger partial charge in [0.2, 0.25) is 0 Å². The number of nitrogens with one attached hydrogen (secondary N) is 3. The second-order valence-corrected chi connectivity index (χ2v) is 7.21. The van der Waals surface area contributed by atoms with Crippen LogP contribution in [0.4, 0.5) is 5.69 Å². The van der Waals surface area contributed by atoms with Gasteiger partial charge in [-0.3, -0.25) is 14.4 Å². The Bertz CT molecular complexity index is 1130. The van der Waals surface area contributed by atoms with Crippen LogP contribution in [-0.2, 0) is 22.7 Å². The van der Waals surface area contributed by atoms with E-state index in [4.69, 9.17) is 4.74 Å². The Morgan fingerprint density at radius 3 is 2.22 bits per heavy atom. The third-order valence-corrected chi connectivity index (χ3v) is 4.75. The Labute approximate surface area is 186 Å². The predicted octanol–water partition coefficient (Wildman–Crippen LogP) is 3.19. The molecule has 3 rings (SSSR count). The lowest BCUT2D eigenvalue weighted by molar-refractivity contribution is -0.136. The third kappa shape index (κ3) is 6.18. The zero-order chi connectivity index (χ0) is 22.9. The zero-order valence-corrected chi connectivity index (χ0v) is 18.0. The molecule has 0 saturated carbocycles. The number of amides is 3. The van der Waals surface area contributed by atoms with Crippen LogP contribution in [0.3, 0.4) is 0 Å². The van der Waals surface area contributed by atoms with Gasteiger partial charge in [0.1, 0.15) is 5.75 Å². The van der Waals surface area contributed by atoms with Gasteiger partial charge in [-0.25, -0.2) is 0 Å². The molecular weight excluding hydrogens is 406 g/mol. The van der Waals surface area contributed by atoms with Gasteiger partial charge in [-0.1, -0.05) is 54.1 Å². The van der Waals surface area contributed by atoms with Crippen LogP contribution in [-0.4, -0.2) is 24.8 Å². The van der Waals surface area contributed by atoms with Gasteiger partial charge in [0.25, 0.3) is 5.91 Å². The molecule has 0 heterocycles. The first-order valence-electron chi connectivity index (χ1n) is 10.1. The molecule has 0 fully saturated rings. The molecule has 0 aliphatic carbocycles. The summed E-state index contributed by atoms with van der Waals surface area (Å²) in [6, 6.07) is 21.5. The molecule has 3 aromatic carbocycles. The van der Waals surface area contributed by atoms with Crippen molar-refractivity contribution < 1.29 is 19.1 Å². The fraction of sp³-hybridized carbons (Fsp3) is 0.160. The van der Waals surface area contributed by atoms with Crippen molar-refractivity contribution in [3.8, 4) is 5.75 Å². The third-order valence-electron chi connectivity index (χ3n) is 4.75. The van der Waals surface area contributed by atoms with Crippen molar-refractivity contribution in [1.29, 1.82) is 0 Å². The fourth-order valence-corrected chi connectivity index (χ4v) is 3.11. The average Bonchev–Trinajstić information content (AvgIpc) is 2.81. The summed E-state index contributed by atoms with van der Waals surface area (Å²) in [7, 11) is 1.56. The molecule has 0 unspecified atom stereocenters. The van der Waals surface area contributed by atoms with E-state index in [2.05, 4.69) is 16.0 Å². The van der Waals surface area contributed by atoms with Crippen LogP contribution in [0.1, 0.15) is 27.0 Å². The van der Waals surface area contributed by atoms with Crippen LogP contribution in [0.2, 0.25) is 0 Å². The molecule has 0 spiro atoms. The molecule has 0 aliphatic rings. The van der Waals surface area contributed by atoms with Gasteiger partial charge in [0.15, 0.2) is 0 Å². The summed E-state index contributed by atoms with van der Waals surface area (Å²) in [5.41, 5.74) is 3.40. The number of hydrogen-bond donors (Lipinski definition) is 3. The first-order valence-corrected chi connectivity index (χ1v) is 10.1. The summed E-state index contributed by atoms with van der Waals surface area (Å²) >= 11 is 0. The summed E-state index contributed by atoms with van der Waals surface area (Å²) in [6.07, 6.45) is 0. The van der Waals surface area contributed by atoms with E-state index in [0.29, 0.717) is 12.3 Å². The number of aryl methyl sites for hydroxylation is 1. The molecule has 0 aromatic heterocycles. The van der Waals surface area contributed by atoms with Gasteiger partial charge in [0.05, 0.1) is 18.4 Å². The average molecular weight is 431 g/mol. The number of benzene rings is 3. The number of carbonyl (C=O) groups is 3. The van der Waals surface area contributed by atoms with Gasteiger partial charge in [-0.15, -0.1) is 0 Å². The highest BCUT2D eigenvalue weighted by Crippen LogP contribution is 2.16. The predicted molar refractivity (Wildman–Crippen MR) is 122 cm³/mol. The molecular formula is C25H25N3O4. The normalized spacial score (nSPS) is 10.2. The Hall–Kier alpha value is -4.13. The van der Waals surface area contributed by atoms with Crippen LogP contribution in [0.25, 0.3) is 0 Å². The molecule has 3 amide bonds. The van der Waals surface area contributed by atoms with Crippen LogP contribution in [0, 0.1) is 6.92 Å². The molecule has 0 radical (unpaired) electrons. The quantitative estimate of drug-likeness (QED) is 0.501.